The van der Waals surface area contributed by atoms with Crippen molar-refractivity contribution in [1.82, 2.24) is 4.72 Å². The quantitative estimate of drug-likeness (QED) is 0.852. The van der Waals surface area contributed by atoms with E-state index in [2.05, 4.69) is 20.7 Å². The number of aliphatic hydroxyl groups excluding tert-OH is 1. The zero-order chi connectivity index (χ0) is 14.0. The number of halogens is 1. The van der Waals surface area contributed by atoms with Crippen LogP contribution in [0.4, 0.5) is 0 Å². The predicted molar refractivity (Wildman–Crippen MR) is 75.4 cm³/mol. The molecular weight excluding hydrogens is 354 g/mol. The maximum Gasteiger partial charge on any atom is 0.244 e. The summed E-state index contributed by atoms with van der Waals surface area (Å²) in [4.78, 5) is 0.964. The van der Waals surface area contributed by atoms with E-state index in [1.165, 1.54) is 17.4 Å². The van der Waals surface area contributed by atoms with E-state index in [0.29, 0.717) is 0 Å². The standard InChI is InChI=1S/C11H12BrNO4S2/c1-7-10(4-8(6-14)17-7)19(15,16)13-5-9-2-3-11(12)18-9/h2-4,13-14H,5-6H2,1H3. The van der Waals surface area contributed by atoms with Gasteiger partial charge in [0.05, 0.1) is 3.79 Å². The first-order chi connectivity index (χ1) is 8.92. The molecule has 19 heavy (non-hydrogen) atoms. The fraction of sp³-hybridized carbons (Fsp3) is 0.273. The molecule has 0 saturated carbocycles. The van der Waals surface area contributed by atoms with Crippen molar-refractivity contribution in [2.24, 2.45) is 0 Å². The maximum atomic E-state index is 12.1. The van der Waals surface area contributed by atoms with Gasteiger partial charge < -0.3 is 9.52 Å². The molecule has 0 unspecified atom stereocenters. The summed E-state index contributed by atoms with van der Waals surface area (Å²) in [6, 6.07) is 5.04. The van der Waals surface area contributed by atoms with Crippen molar-refractivity contribution in [3.05, 3.63) is 38.4 Å². The lowest BCUT2D eigenvalue weighted by molar-refractivity contribution is 0.244. The zero-order valence-electron chi connectivity index (χ0n) is 10.0. The molecule has 0 fully saturated rings. The average molecular weight is 366 g/mol. The Morgan fingerprint density at radius 1 is 1.47 bits per heavy atom. The lowest BCUT2D eigenvalue weighted by Crippen LogP contribution is -2.22. The highest BCUT2D eigenvalue weighted by Crippen LogP contribution is 2.23. The van der Waals surface area contributed by atoms with Crippen molar-refractivity contribution in [3.8, 4) is 0 Å². The zero-order valence-corrected chi connectivity index (χ0v) is 13.2. The molecule has 0 bridgehead atoms. The number of furan rings is 1. The number of aryl methyl sites for hydroxylation is 1. The summed E-state index contributed by atoms with van der Waals surface area (Å²) in [7, 11) is -3.63. The van der Waals surface area contributed by atoms with Crippen LogP contribution in [0.25, 0.3) is 0 Å². The second-order valence-electron chi connectivity index (χ2n) is 3.82. The average Bonchev–Trinajstić information content (AvgIpc) is 2.93. The van der Waals surface area contributed by atoms with E-state index in [-0.39, 0.29) is 29.6 Å². The predicted octanol–water partition coefficient (Wildman–Crippen LogP) is 2.38. The van der Waals surface area contributed by atoms with Crippen LogP contribution in [-0.4, -0.2) is 13.5 Å². The fourth-order valence-corrected chi connectivity index (χ4v) is 4.28. The van der Waals surface area contributed by atoms with Gasteiger partial charge in [0.2, 0.25) is 10.0 Å². The Balaban J connectivity index is 2.15. The lowest BCUT2D eigenvalue weighted by Gasteiger charge is -2.03. The number of nitrogens with one attached hydrogen (secondary N) is 1. The van der Waals surface area contributed by atoms with E-state index in [1.807, 2.05) is 12.1 Å². The molecule has 0 aliphatic carbocycles. The first-order valence-corrected chi connectivity index (χ1v) is 8.45. The van der Waals surface area contributed by atoms with Crippen LogP contribution < -0.4 is 4.72 Å². The van der Waals surface area contributed by atoms with Crippen molar-refractivity contribution >= 4 is 37.3 Å². The van der Waals surface area contributed by atoms with Crippen molar-refractivity contribution in [2.75, 3.05) is 0 Å². The summed E-state index contributed by atoms with van der Waals surface area (Å²) in [6.07, 6.45) is 0. The summed E-state index contributed by atoms with van der Waals surface area (Å²) in [6.45, 7) is 1.45. The van der Waals surface area contributed by atoms with Crippen molar-refractivity contribution < 1.29 is 17.9 Å². The van der Waals surface area contributed by atoms with Gasteiger partial charge in [-0.05, 0) is 35.0 Å². The third-order valence-electron chi connectivity index (χ3n) is 2.43. The molecule has 0 spiro atoms. The summed E-state index contributed by atoms with van der Waals surface area (Å²) < 4.78 is 32.8. The molecule has 0 aromatic carbocycles. The van der Waals surface area contributed by atoms with Crippen molar-refractivity contribution in [3.63, 3.8) is 0 Å². The van der Waals surface area contributed by atoms with E-state index in [1.54, 1.807) is 6.92 Å². The van der Waals surface area contributed by atoms with Crippen LogP contribution in [0.15, 0.2) is 31.3 Å². The minimum absolute atomic E-state index is 0.0622. The molecule has 5 nitrogen and oxygen atoms in total. The van der Waals surface area contributed by atoms with E-state index < -0.39 is 10.0 Å². The highest BCUT2D eigenvalue weighted by atomic mass is 79.9. The molecule has 2 heterocycles. The second-order valence-corrected chi connectivity index (χ2v) is 8.10. The van der Waals surface area contributed by atoms with Gasteiger partial charge in [-0.15, -0.1) is 11.3 Å². The molecule has 0 saturated heterocycles. The number of hydrogen-bond donors (Lipinski definition) is 2. The minimum atomic E-state index is -3.63. The number of aliphatic hydroxyl groups is 1. The van der Waals surface area contributed by atoms with E-state index in [9.17, 15) is 8.42 Å². The first kappa shape index (κ1) is 14.7. The van der Waals surface area contributed by atoms with Gasteiger partial charge in [-0.25, -0.2) is 13.1 Å². The molecular formula is C11H12BrNO4S2. The Labute approximate surface area is 123 Å². The Morgan fingerprint density at radius 3 is 2.74 bits per heavy atom. The van der Waals surface area contributed by atoms with Gasteiger partial charge >= 0.3 is 0 Å². The van der Waals surface area contributed by atoms with E-state index in [4.69, 9.17) is 9.52 Å². The van der Waals surface area contributed by atoms with E-state index in [0.717, 1.165) is 8.66 Å². The van der Waals surface area contributed by atoms with Gasteiger partial charge in [0.15, 0.2) is 0 Å². The van der Waals surface area contributed by atoms with E-state index >= 15 is 0 Å². The van der Waals surface area contributed by atoms with Crippen molar-refractivity contribution in [2.45, 2.75) is 25.0 Å². The summed E-state index contributed by atoms with van der Waals surface area (Å²) in [5.74, 6) is 0.501. The normalized spacial score (nSPS) is 11.9. The van der Waals surface area contributed by atoms with Crippen LogP contribution in [0.3, 0.4) is 0 Å². The van der Waals surface area contributed by atoms with Crippen molar-refractivity contribution in [1.29, 1.82) is 0 Å². The summed E-state index contributed by atoms with van der Waals surface area (Å²) >= 11 is 4.78. The number of rotatable bonds is 5. The molecule has 0 amide bonds. The van der Waals surface area contributed by atoms with Gasteiger partial charge in [0.1, 0.15) is 23.0 Å². The first-order valence-electron chi connectivity index (χ1n) is 5.36. The van der Waals surface area contributed by atoms with Crippen LogP contribution in [-0.2, 0) is 23.2 Å². The molecule has 2 aromatic rings. The third-order valence-corrected chi connectivity index (χ3v) is 5.57. The fourth-order valence-electron chi connectivity index (χ4n) is 1.56. The molecule has 0 aliphatic heterocycles. The van der Waals surface area contributed by atoms with Gasteiger partial charge in [0.25, 0.3) is 0 Å². The minimum Gasteiger partial charge on any atom is -0.462 e. The molecule has 8 heteroatoms. The molecule has 0 aliphatic rings. The number of hydrogen-bond acceptors (Lipinski definition) is 5. The van der Waals surface area contributed by atoms with Crippen LogP contribution in [0.2, 0.25) is 0 Å². The summed E-state index contributed by atoms with van der Waals surface area (Å²) in [5.41, 5.74) is 0. The highest BCUT2D eigenvalue weighted by Gasteiger charge is 2.21. The molecule has 2 aromatic heterocycles. The monoisotopic (exact) mass is 365 g/mol. The van der Waals surface area contributed by atoms with Crippen LogP contribution >= 0.6 is 27.3 Å². The Kier molecular flexibility index (Phi) is 4.46. The molecule has 104 valence electrons. The van der Waals surface area contributed by atoms with Gasteiger partial charge in [-0.1, -0.05) is 0 Å². The highest BCUT2D eigenvalue weighted by molar-refractivity contribution is 9.11. The maximum absolute atomic E-state index is 12.1. The molecule has 0 radical (unpaired) electrons. The number of thiophene rings is 1. The van der Waals surface area contributed by atoms with Gasteiger partial charge in [-0.3, -0.25) is 0 Å². The molecule has 2 N–H and O–H groups in total. The summed E-state index contributed by atoms with van der Waals surface area (Å²) in [5, 5.41) is 8.94. The topological polar surface area (TPSA) is 79.5 Å². The van der Waals surface area contributed by atoms with Crippen LogP contribution in [0.1, 0.15) is 16.4 Å². The van der Waals surface area contributed by atoms with Crippen LogP contribution in [0.5, 0.6) is 0 Å². The molecule has 0 atom stereocenters. The smallest absolute Gasteiger partial charge is 0.244 e. The molecule has 2 rings (SSSR count). The van der Waals surface area contributed by atoms with Gasteiger partial charge in [-0.2, -0.15) is 0 Å². The Hall–Kier alpha value is -0.670. The Bertz CT molecular complexity index is 675. The second kappa shape index (κ2) is 5.76. The van der Waals surface area contributed by atoms with Crippen LogP contribution in [0, 0.1) is 6.92 Å². The Morgan fingerprint density at radius 2 is 2.21 bits per heavy atom. The number of sulfonamides is 1. The largest absolute Gasteiger partial charge is 0.462 e. The SMILES string of the molecule is Cc1oc(CO)cc1S(=O)(=O)NCc1ccc(Br)s1. The third kappa shape index (κ3) is 3.46. The lowest BCUT2D eigenvalue weighted by atomic mass is 10.4. The van der Waals surface area contributed by atoms with Gasteiger partial charge in [0, 0.05) is 17.5 Å².